The SMILES string of the molecule is NCC1=CC(=O)C(=O)c2c(-c3ccccc3)cn(S(=O)(=O)c3ccccc3)c21. The van der Waals surface area contributed by atoms with Crippen LogP contribution in [0.3, 0.4) is 0 Å². The summed E-state index contributed by atoms with van der Waals surface area (Å²) in [5.41, 5.74) is 7.33. The van der Waals surface area contributed by atoms with Crippen LogP contribution < -0.4 is 5.73 Å². The van der Waals surface area contributed by atoms with Crippen LogP contribution >= 0.6 is 0 Å². The van der Waals surface area contributed by atoms with E-state index in [0.717, 1.165) is 10.0 Å². The van der Waals surface area contributed by atoms with Crippen molar-refractivity contribution in [2.75, 3.05) is 6.54 Å². The number of aromatic nitrogens is 1. The van der Waals surface area contributed by atoms with Gasteiger partial charge in [0.15, 0.2) is 0 Å². The highest BCUT2D eigenvalue weighted by atomic mass is 32.2. The molecule has 140 valence electrons. The van der Waals surface area contributed by atoms with Gasteiger partial charge in [0.1, 0.15) is 0 Å². The van der Waals surface area contributed by atoms with E-state index < -0.39 is 21.6 Å². The predicted octanol–water partition coefficient (Wildman–Crippen LogP) is 2.50. The summed E-state index contributed by atoms with van der Waals surface area (Å²) in [6.45, 7) is -0.0748. The third-order valence-corrected chi connectivity index (χ3v) is 6.31. The molecule has 0 atom stereocenters. The average Bonchev–Trinajstić information content (AvgIpc) is 3.14. The molecule has 1 aromatic heterocycles. The first-order valence-corrected chi connectivity index (χ1v) is 10.00. The molecular formula is C21H16N2O4S. The largest absolute Gasteiger partial charge is 0.326 e. The highest BCUT2D eigenvalue weighted by Gasteiger charge is 2.35. The van der Waals surface area contributed by atoms with Crippen molar-refractivity contribution in [3.8, 4) is 11.1 Å². The molecule has 2 aromatic carbocycles. The van der Waals surface area contributed by atoms with E-state index in [0.29, 0.717) is 16.7 Å². The molecule has 28 heavy (non-hydrogen) atoms. The number of carbonyl (C=O) groups excluding carboxylic acids is 2. The van der Waals surface area contributed by atoms with Crippen LogP contribution in [0.15, 0.2) is 77.8 Å². The summed E-state index contributed by atoms with van der Waals surface area (Å²) in [5.74, 6) is -1.45. The molecule has 0 unspecified atom stereocenters. The number of rotatable bonds is 4. The number of Topliss-reactive ketones (excluding diaryl/α,β-unsaturated/α-hetero) is 1. The maximum absolute atomic E-state index is 13.3. The fourth-order valence-electron chi connectivity index (χ4n) is 3.32. The number of benzene rings is 2. The molecule has 0 bridgehead atoms. The van der Waals surface area contributed by atoms with E-state index >= 15 is 0 Å². The second-order valence-corrected chi connectivity index (χ2v) is 8.13. The summed E-state index contributed by atoms with van der Waals surface area (Å²) in [4.78, 5) is 25.0. The van der Waals surface area contributed by atoms with Crippen LogP contribution in [0.2, 0.25) is 0 Å². The highest BCUT2D eigenvalue weighted by Crippen LogP contribution is 2.37. The molecule has 1 aliphatic carbocycles. The van der Waals surface area contributed by atoms with E-state index in [4.69, 9.17) is 5.73 Å². The predicted molar refractivity (Wildman–Crippen MR) is 105 cm³/mol. The molecule has 1 heterocycles. The van der Waals surface area contributed by atoms with Crippen molar-refractivity contribution in [3.05, 3.63) is 84.2 Å². The fraction of sp³-hybridized carbons (Fsp3) is 0.0476. The zero-order valence-electron chi connectivity index (χ0n) is 14.7. The Kier molecular flexibility index (Phi) is 4.33. The molecule has 0 aliphatic heterocycles. The van der Waals surface area contributed by atoms with Crippen LogP contribution in [0.1, 0.15) is 16.1 Å². The molecule has 2 N–H and O–H groups in total. The smallest absolute Gasteiger partial charge is 0.268 e. The third kappa shape index (κ3) is 2.72. The zero-order valence-corrected chi connectivity index (χ0v) is 15.5. The first-order valence-electron chi connectivity index (χ1n) is 8.56. The van der Waals surface area contributed by atoms with Crippen LogP contribution in [0.25, 0.3) is 16.7 Å². The molecule has 0 saturated carbocycles. The Morgan fingerprint density at radius 1 is 0.893 bits per heavy atom. The van der Waals surface area contributed by atoms with Crippen LogP contribution in [0.5, 0.6) is 0 Å². The zero-order chi connectivity index (χ0) is 19.9. The van der Waals surface area contributed by atoms with Gasteiger partial charge >= 0.3 is 0 Å². The first kappa shape index (κ1) is 18.1. The summed E-state index contributed by atoms with van der Waals surface area (Å²) in [6.07, 6.45) is 2.51. The van der Waals surface area contributed by atoms with Gasteiger partial charge in [-0.3, -0.25) is 9.59 Å². The summed E-state index contributed by atoms with van der Waals surface area (Å²) in [6, 6.07) is 16.8. The van der Waals surface area contributed by atoms with Crippen LogP contribution in [0.4, 0.5) is 0 Å². The standard InChI is InChI=1S/C21H16N2O4S/c22-12-15-11-18(24)21(25)19-17(14-7-3-1-4-8-14)13-23(20(15)19)28(26,27)16-9-5-2-6-10-16/h1-11,13H,12,22H2. The molecule has 1 aliphatic rings. The van der Waals surface area contributed by atoms with Gasteiger partial charge in [0.05, 0.1) is 16.2 Å². The molecule has 0 fully saturated rings. The average molecular weight is 392 g/mol. The number of allylic oxidation sites excluding steroid dienone is 1. The molecule has 6 nitrogen and oxygen atoms in total. The number of carbonyl (C=O) groups is 2. The molecule has 3 aromatic rings. The normalized spacial score (nSPS) is 14.0. The quantitative estimate of drug-likeness (QED) is 0.688. The Hall–Kier alpha value is -3.29. The summed E-state index contributed by atoms with van der Waals surface area (Å²) < 4.78 is 27.7. The Morgan fingerprint density at radius 2 is 1.50 bits per heavy atom. The maximum atomic E-state index is 13.3. The monoisotopic (exact) mass is 392 g/mol. The van der Waals surface area contributed by atoms with E-state index in [2.05, 4.69) is 0 Å². The highest BCUT2D eigenvalue weighted by molar-refractivity contribution is 7.90. The fourth-order valence-corrected chi connectivity index (χ4v) is 4.74. The summed E-state index contributed by atoms with van der Waals surface area (Å²) >= 11 is 0. The van der Waals surface area contributed by atoms with E-state index in [1.165, 1.54) is 18.3 Å². The van der Waals surface area contributed by atoms with Gasteiger partial charge in [-0.2, -0.15) is 0 Å². The van der Waals surface area contributed by atoms with Gasteiger partial charge in [-0.25, -0.2) is 12.4 Å². The second-order valence-electron chi connectivity index (χ2n) is 6.31. The number of hydrogen-bond acceptors (Lipinski definition) is 5. The van der Waals surface area contributed by atoms with E-state index in [9.17, 15) is 18.0 Å². The van der Waals surface area contributed by atoms with Crippen molar-refractivity contribution >= 4 is 27.2 Å². The van der Waals surface area contributed by atoms with Gasteiger partial charge in [-0.1, -0.05) is 48.5 Å². The molecule has 0 radical (unpaired) electrons. The Bertz CT molecular complexity index is 1220. The van der Waals surface area contributed by atoms with Gasteiger partial charge in [-0.15, -0.1) is 0 Å². The minimum Gasteiger partial charge on any atom is -0.326 e. The van der Waals surface area contributed by atoms with Gasteiger partial charge in [0.2, 0.25) is 11.6 Å². The van der Waals surface area contributed by atoms with Crippen molar-refractivity contribution < 1.29 is 18.0 Å². The van der Waals surface area contributed by atoms with E-state index in [1.54, 1.807) is 42.5 Å². The number of hydrogen-bond donors (Lipinski definition) is 1. The minimum absolute atomic E-state index is 0.0682. The van der Waals surface area contributed by atoms with E-state index in [-0.39, 0.29) is 22.7 Å². The van der Waals surface area contributed by atoms with Crippen molar-refractivity contribution in [1.29, 1.82) is 0 Å². The Labute approximate surface area is 162 Å². The van der Waals surface area contributed by atoms with Gasteiger partial charge in [-0.05, 0) is 29.3 Å². The molecule has 0 saturated heterocycles. The van der Waals surface area contributed by atoms with Gasteiger partial charge < -0.3 is 5.73 Å². The van der Waals surface area contributed by atoms with Crippen molar-refractivity contribution in [2.45, 2.75) is 4.90 Å². The first-order chi connectivity index (χ1) is 13.4. The Morgan fingerprint density at radius 3 is 2.11 bits per heavy atom. The molecule has 4 rings (SSSR count). The second kappa shape index (κ2) is 6.70. The maximum Gasteiger partial charge on any atom is 0.268 e. The topological polar surface area (TPSA) is 99.2 Å². The molecule has 0 spiro atoms. The lowest BCUT2D eigenvalue weighted by Crippen LogP contribution is -2.25. The minimum atomic E-state index is -3.99. The number of nitrogens with two attached hydrogens (primary N) is 1. The third-order valence-electron chi connectivity index (χ3n) is 4.64. The van der Waals surface area contributed by atoms with Gasteiger partial charge in [0, 0.05) is 18.3 Å². The summed E-state index contributed by atoms with van der Waals surface area (Å²) in [7, 11) is -3.99. The lowest BCUT2D eigenvalue weighted by molar-refractivity contribution is -0.111. The number of nitrogens with zero attached hydrogens (tertiary/aromatic N) is 1. The number of ketones is 2. The Balaban J connectivity index is 2.08. The van der Waals surface area contributed by atoms with E-state index in [1.807, 2.05) is 6.07 Å². The van der Waals surface area contributed by atoms with Crippen LogP contribution in [0, 0.1) is 0 Å². The van der Waals surface area contributed by atoms with Crippen molar-refractivity contribution in [3.63, 3.8) is 0 Å². The summed E-state index contributed by atoms with van der Waals surface area (Å²) in [5, 5.41) is 0. The molecule has 7 heteroatoms. The lowest BCUT2D eigenvalue weighted by Gasteiger charge is -2.16. The molecule has 0 amide bonds. The van der Waals surface area contributed by atoms with Crippen molar-refractivity contribution in [2.24, 2.45) is 5.73 Å². The van der Waals surface area contributed by atoms with Crippen LogP contribution in [-0.4, -0.2) is 30.5 Å². The molecular weight excluding hydrogens is 376 g/mol. The lowest BCUT2D eigenvalue weighted by atomic mass is 9.90. The van der Waals surface area contributed by atoms with Gasteiger partial charge in [0.25, 0.3) is 10.0 Å². The van der Waals surface area contributed by atoms with Crippen molar-refractivity contribution in [1.82, 2.24) is 3.97 Å². The van der Waals surface area contributed by atoms with Crippen LogP contribution in [-0.2, 0) is 14.8 Å². The number of fused-ring (bicyclic) bond motifs is 1.